The number of aromatic nitrogens is 4. The van der Waals surface area contributed by atoms with Gasteiger partial charge in [0.2, 0.25) is 0 Å². The predicted molar refractivity (Wildman–Crippen MR) is 82.4 cm³/mol. The van der Waals surface area contributed by atoms with Crippen LogP contribution in [0.5, 0.6) is 0 Å². The molecule has 0 unspecified atom stereocenters. The van der Waals surface area contributed by atoms with Crippen LogP contribution in [0.3, 0.4) is 0 Å². The average Bonchev–Trinajstić information content (AvgIpc) is 2.81. The molecule has 0 radical (unpaired) electrons. The van der Waals surface area contributed by atoms with Crippen LogP contribution in [0.15, 0.2) is 22.7 Å². The van der Waals surface area contributed by atoms with Crippen LogP contribution in [-0.4, -0.2) is 19.3 Å². The number of hydrogen-bond acceptors (Lipinski definition) is 2. The Morgan fingerprint density at radius 3 is 2.79 bits per heavy atom. The fourth-order valence-corrected chi connectivity index (χ4v) is 3.04. The van der Waals surface area contributed by atoms with Crippen molar-refractivity contribution in [3.63, 3.8) is 0 Å². The third-order valence-corrected chi connectivity index (χ3v) is 4.14. The normalized spacial score (nSPS) is 11.4. The number of fused-ring (bicyclic) bond motifs is 1. The number of benzene rings is 1. The number of hydrogen-bond donors (Lipinski definition) is 1. The monoisotopic (exact) mass is 336 g/mol. The van der Waals surface area contributed by atoms with Gasteiger partial charge in [0, 0.05) is 11.5 Å². The minimum atomic E-state index is 0.678. The molecule has 2 aromatic heterocycles. The fourth-order valence-electron chi connectivity index (χ4n) is 2.33. The van der Waals surface area contributed by atoms with Crippen molar-refractivity contribution < 1.29 is 0 Å². The average molecular weight is 337 g/mol. The minimum Gasteiger partial charge on any atom is -0.327 e. The Balaban J connectivity index is 2.45. The number of halogens is 1. The Labute approximate surface area is 124 Å². The van der Waals surface area contributed by atoms with Gasteiger partial charge in [-0.1, -0.05) is 6.07 Å². The Bertz CT molecular complexity index is 840. The zero-order valence-corrected chi connectivity index (χ0v) is 13.3. The molecule has 0 saturated heterocycles. The molecule has 0 bridgehead atoms. The summed E-state index contributed by atoms with van der Waals surface area (Å²) in [5.74, 6) is 0. The lowest BCUT2D eigenvalue weighted by Gasteiger charge is -2.08. The third-order valence-electron chi connectivity index (χ3n) is 3.18. The molecule has 1 aromatic carbocycles. The van der Waals surface area contributed by atoms with E-state index in [1.807, 2.05) is 29.3 Å². The zero-order chi connectivity index (χ0) is 13.7. The first-order valence-electron chi connectivity index (χ1n) is 5.90. The minimum absolute atomic E-state index is 0.678. The molecule has 0 aliphatic heterocycles. The van der Waals surface area contributed by atoms with E-state index < -0.39 is 0 Å². The molecule has 3 aromatic rings. The number of aryl methyl sites for hydroxylation is 3. The Hall–Kier alpha value is -1.40. The van der Waals surface area contributed by atoms with Crippen LogP contribution < -0.4 is 0 Å². The molecule has 0 fully saturated rings. The smallest absolute Gasteiger partial charge is 0.184 e. The van der Waals surface area contributed by atoms with Crippen LogP contribution >= 0.6 is 28.1 Å². The molecule has 19 heavy (non-hydrogen) atoms. The Morgan fingerprint density at radius 1 is 1.32 bits per heavy atom. The number of H-pyrrole nitrogens is 1. The number of aromatic amines is 1. The molecule has 6 heteroatoms. The molecular formula is C13H13BrN4S. The van der Waals surface area contributed by atoms with Gasteiger partial charge in [0.1, 0.15) is 5.52 Å². The van der Waals surface area contributed by atoms with Crippen LogP contribution in [0.2, 0.25) is 0 Å². The van der Waals surface area contributed by atoms with Gasteiger partial charge in [0.05, 0.1) is 11.4 Å². The lowest BCUT2D eigenvalue weighted by Crippen LogP contribution is -2.01. The van der Waals surface area contributed by atoms with Crippen LogP contribution in [0.25, 0.3) is 16.9 Å². The molecule has 1 N–H and O–H groups in total. The van der Waals surface area contributed by atoms with Crippen molar-refractivity contribution in [2.24, 2.45) is 7.05 Å². The fraction of sp³-hybridized carbons (Fsp3) is 0.231. The van der Waals surface area contributed by atoms with E-state index >= 15 is 0 Å². The maximum absolute atomic E-state index is 5.46. The molecule has 2 heterocycles. The van der Waals surface area contributed by atoms with Crippen LogP contribution in [0, 0.1) is 18.6 Å². The van der Waals surface area contributed by atoms with E-state index in [0.29, 0.717) is 4.77 Å². The molecule has 0 aliphatic carbocycles. The molecule has 0 saturated carbocycles. The van der Waals surface area contributed by atoms with Crippen molar-refractivity contribution in [1.82, 2.24) is 19.3 Å². The summed E-state index contributed by atoms with van der Waals surface area (Å²) in [5.41, 5.74) is 5.13. The number of imidazole rings is 1. The summed E-state index contributed by atoms with van der Waals surface area (Å²) in [6, 6.07) is 6.21. The van der Waals surface area contributed by atoms with Crippen LogP contribution in [-0.2, 0) is 7.05 Å². The van der Waals surface area contributed by atoms with Crippen molar-refractivity contribution >= 4 is 39.3 Å². The summed E-state index contributed by atoms with van der Waals surface area (Å²) in [7, 11) is 1.93. The summed E-state index contributed by atoms with van der Waals surface area (Å²) in [6.07, 6.45) is 0. The highest BCUT2D eigenvalue weighted by Crippen LogP contribution is 2.27. The zero-order valence-electron chi connectivity index (χ0n) is 10.9. The summed E-state index contributed by atoms with van der Waals surface area (Å²) < 4.78 is 5.55. The van der Waals surface area contributed by atoms with Gasteiger partial charge in [-0.15, -0.1) is 0 Å². The van der Waals surface area contributed by atoms with Crippen molar-refractivity contribution in [1.29, 1.82) is 0 Å². The van der Waals surface area contributed by atoms with Crippen LogP contribution in [0.4, 0.5) is 0 Å². The van der Waals surface area contributed by atoms with E-state index in [2.05, 4.69) is 45.1 Å². The number of nitrogens with one attached hydrogen (secondary N) is 1. The standard InChI is InChI=1S/C13H13BrN4S/c1-7-4-5-9(14)10(6-7)18-12-11(15-13(18)19)8(2)16-17(12)3/h4-6H,1-3H3,(H,15,19). The molecule has 3 rings (SSSR count). The summed E-state index contributed by atoms with van der Waals surface area (Å²) >= 11 is 9.05. The predicted octanol–water partition coefficient (Wildman–Crippen LogP) is 3.80. The first-order chi connectivity index (χ1) is 8.99. The molecule has 0 aliphatic rings. The van der Waals surface area contributed by atoms with Crippen LogP contribution in [0.1, 0.15) is 11.3 Å². The highest BCUT2D eigenvalue weighted by atomic mass is 79.9. The highest BCUT2D eigenvalue weighted by molar-refractivity contribution is 9.10. The second-order valence-corrected chi connectivity index (χ2v) is 5.87. The van der Waals surface area contributed by atoms with Gasteiger partial charge in [-0.05, 0) is 59.7 Å². The van der Waals surface area contributed by atoms with Gasteiger partial charge < -0.3 is 4.98 Å². The topological polar surface area (TPSA) is 38.5 Å². The molecule has 98 valence electrons. The maximum Gasteiger partial charge on any atom is 0.184 e. The van der Waals surface area contributed by atoms with Gasteiger partial charge in [0.15, 0.2) is 10.4 Å². The van der Waals surface area contributed by atoms with E-state index in [9.17, 15) is 0 Å². The first-order valence-corrected chi connectivity index (χ1v) is 7.10. The van der Waals surface area contributed by atoms with Crippen molar-refractivity contribution in [2.45, 2.75) is 13.8 Å². The van der Waals surface area contributed by atoms with Gasteiger partial charge in [-0.2, -0.15) is 5.10 Å². The number of nitrogens with zero attached hydrogens (tertiary/aromatic N) is 3. The molecule has 0 amide bonds. The largest absolute Gasteiger partial charge is 0.327 e. The Morgan fingerprint density at radius 2 is 2.05 bits per heavy atom. The molecule has 4 nitrogen and oxygen atoms in total. The summed E-state index contributed by atoms with van der Waals surface area (Å²) in [5, 5.41) is 4.43. The summed E-state index contributed by atoms with van der Waals surface area (Å²) in [4.78, 5) is 3.23. The van der Waals surface area contributed by atoms with E-state index in [1.54, 1.807) is 0 Å². The van der Waals surface area contributed by atoms with Gasteiger partial charge in [-0.3, -0.25) is 4.57 Å². The van der Waals surface area contributed by atoms with E-state index in [0.717, 1.165) is 27.0 Å². The van der Waals surface area contributed by atoms with E-state index in [-0.39, 0.29) is 0 Å². The SMILES string of the molecule is Cc1ccc(Br)c(-n2c(=S)[nH]c3c(C)nn(C)c32)c1. The van der Waals surface area contributed by atoms with Crippen molar-refractivity contribution in [2.75, 3.05) is 0 Å². The third kappa shape index (κ3) is 1.86. The summed E-state index contributed by atoms with van der Waals surface area (Å²) in [6.45, 7) is 4.04. The quantitative estimate of drug-likeness (QED) is 0.686. The van der Waals surface area contributed by atoms with Crippen molar-refractivity contribution in [3.05, 3.63) is 38.7 Å². The van der Waals surface area contributed by atoms with Gasteiger partial charge >= 0.3 is 0 Å². The Kier molecular flexibility index (Phi) is 2.87. The van der Waals surface area contributed by atoms with E-state index in [1.165, 1.54) is 5.56 Å². The lowest BCUT2D eigenvalue weighted by atomic mass is 10.2. The molecule has 0 atom stereocenters. The lowest BCUT2D eigenvalue weighted by molar-refractivity contribution is 0.759. The van der Waals surface area contributed by atoms with Crippen molar-refractivity contribution in [3.8, 4) is 5.69 Å². The second kappa shape index (κ2) is 4.31. The highest BCUT2D eigenvalue weighted by Gasteiger charge is 2.15. The van der Waals surface area contributed by atoms with Gasteiger partial charge in [-0.25, -0.2) is 4.68 Å². The van der Waals surface area contributed by atoms with Gasteiger partial charge in [0.25, 0.3) is 0 Å². The molecular weight excluding hydrogens is 324 g/mol. The van der Waals surface area contributed by atoms with E-state index in [4.69, 9.17) is 12.2 Å². The molecule has 0 spiro atoms. The number of rotatable bonds is 1. The second-order valence-electron chi connectivity index (χ2n) is 4.63. The first kappa shape index (κ1) is 12.6. The maximum atomic E-state index is 5.46.